The third-order valence-electron chi connectivity index (χ3n) is 2.81. The second kappa shape index (κ2) is 4.44. The molecule has 82 valence electrons. The molecule has 0 radical (unpaired) electrons. The molecule has 0 amide bonds. The van der Waals surface area contributed by atoms with E-state index in [-0.39, 0.29) is 11.2 Å². The van der Waals surface area contributed by atoms with Crippen LogP contribution >= 0.6 is 0 Å². The molecule has 0 unspecified atom stereocenters. The Labute approximate surface area is 87.1 Å². The van der Waals surface area contributed by atoms with Crippen LogP contribution in [-0.2, 0) is 6.54 Å². The number of hydrogen-bond donors (Lipinski definition) is 2. The summed E-state index contributed by atoms with van der Waals surface area (Å²) in [6.45, 7) is 2.74. The minimum absolute atomic E-state index is 0.305. The van der Waals surface area contributed by atoms with Crippen molar-refractivity contribution in [3.05, 3.63) is 33.1 Å². The molecule has 0 spiro atoms. The molecule has 0 aliphatic carbocycles. The van der Waals surface area contributed by atoms with Gasteiger partial charge < -0.3 is 9.88 Å². The van der Waals surface area contributed by atoms with Gasteiger partial charge in [-0.2, -0.15) is 0 Å². The fourth-order valence-electron chi connectivity index (χ4n) is 1.93. The van der Waals surface area contributed by atoms with Crippen LogP contribution in [0.15, 0.2) is 21.9 Å². The Morgan fingerprint density at radius 2 is 2.07 bits per heavy atom. The van der Waals surface area contributed by atoms with Crippen LogP contribution in [0.1, 0.15) is 12.8 Å². The summed E-state index contributed by atoms with van der Waals surface area (Å²) in [7, 11) is 0. The summed E-state index contributed by atoms with van der Waals surface area (Å²) in [5.74, 6) is 0.537. The van der Waals surface area contributed by atoms with Crippen molar-refractivity contribution >= 4 is 0 Å². The third kappa shape index (κ3) is 2.56. The Bertz CT molecular complexity index is 429. The lowest BCUT2D eigenvalue weighted by atomic mass is 9.98. The number of rotatable bonds is 2. The van der Waals surface area contributed by atoms with Crippen LogP contribution in [0.2, 0.25) is 0 Å². The maximum absolute atomic E-state index is 11.4. The first kappa shape index (κ1) is 10.2. The molecule has 1 aromatic rings. The largest absolute Gasteiger partial charge is 0.328 e. The quantitative estimate of drug-likeness (QED) is 0.692. The highest BCUT2D eigenvalue weighted by Crippen LogP contribution is 2.12. The van der Waals surface area contributed by atoms with Gasteiger partial charge in [-0.3, -0.25) is 9.78 Å². The molecule has 0 aromatic carbocycles. The first-order valence-electron chi connectivity index (χ1n) is 5.26. The Kier molecular flexibility index (Phi) is 3.01. The van der Waals surface area contributed by atoms with Gasteiger partial charge >= 0.3 is 5.69 Å². The number of aromatic amines is 1. The van der Waals surface area contributed by atoms with E-state index in [4.69, 9.17) is 0 Å². The molecule has 1 aliphatic rings. The molecule has 0 atom stereocenters. The normalized spacial score (nSPS) is 17.9. The van der Waals surface area contributed by atoms with Crippen LogP contribution in [0.3, 0.4) is 0 Å². The van der Waals surface area contributed by atoms with E-state index in [1.54, 1.807) is 10.8 Å². The molecule has 2 rings (SSSR count). The number of H-pyrrole nitrogens is 1. The van der Waals surface area contributed by atoms with Gasteiger partial charge in [0.25, 0.3) is 5.56 Å². The molecule has 0 saturated carbocycles. The van der Waals surface area contributed by atoms with Crippen LogP contribution in [0.5, 0.6) is 0 Å². The number of nitrogens with zero attached hydrogens (tertiary/aromatic N) is 1. The SMILES string of the molecule is O=c1ccn(CC2CCNCC2)c(=O)[nH]1. The lowest BCUT2D eigenvalue weighted by molar-refractivity contribution is 0.328. The zero-order valence-corrected chi connectivity index (χ0v) is 8.53. The van der Waals surface area contributed by atoms with Crippen molar-refractivity contribution in [1.29, 1.82) is 0 Å². The molecule has 1 fully saturated rings. The van der Waals surface area contributed by atoms with Gasteiger partial charge in [0.15, 0.2) is 0 Å². The lowest BCUT2D eigenvalue weighted by Crippen LogP contribution is -2.34. The van der Waals surface area contributed by atoms with Gasteiger partial charge in [-0.05, 0) is 31.8 Å². The molecule has 5 nitrogen and oxygen atoms in total. The third-order valence-corrected chi connectivity index (χ3v) is 2.81. The second-order valence-electron chi connectivity index (χ2n) is 3.96. The van der Waals surface area contributed by atoms with E-state index in [0.29, 0.717) is 12.5 Å². The van der Waals surface area contributed by atoms with E-state index >= 15 is 0 Å². The van der Waals surface area contributed by atoms with Crippen LogP contribution in [0, 0.1) is 5.92 Å². The molecule has 0 bridgehead atoms. The van der Waals surface area contributed by atoms with E-state index in [9.17, 15) is 9.59 Å². The van der Waals surface area contributed by atoms with Crippen molar-refractivity contribution in [2.45, 2.75) is 19.4 Å². The summed E-state index contributed by atoms with van der Waals surface area (Å²) < 4.78 is 1.58. The van der Waals surface area contributed by atoms with Gasteiger partial charge in [-0.1, -0.05) is 0 Å². The van der Waals surface area contributed by atoms with Crippen molar-refractivity contribution in [1.82, 2.24) is 14.9 Å². The molecule has 15 heavy (non-hydrogen) atoms. The highest BCUT2D eigenvalue weighted by molar-refractivity contribution is 4.83. The fourth-order valence-corrected chi connectivity index (χ4v) is 1.93. The van der Waals surface area contributed by atoms with E-state index in [0.717, 1.165) is 25.9 Å². The van der Waals surface area contributed by atoms with Gasteiger partial charge in [0.1, 0.15) is 0 Å². The first-order valence-corrected chi connectivity index (χ1v) is 5.26. The van der Waals surface area contributed by atoms with Crippen LogP contribution in [0.4, 0.5) is 0 Å². The van der Waals surface area contributed by atoms with Gasteiger partial charge in [0.2, 0.25) is 0 Å². The van der Waals surface area contributed by atoms with E-state index in [1.807, 2.05) is 0 Å². The predicted octanol–water partition coefficient (Wildman–Crippen LogP) is -0.464. The molecular formula is C10H15N3O2. The highest BCUT2D eigenvalue weighted by Gasteiger charge is 2.13. The van der Waals surface area contributed by atoms with Gasteiger partial charge in [0.05, 0.1) is 0 Å². The van der Waals surface area contributed by atoms with Gasteiger partial charge in [-0.15, -0.1) is 0 Å². The minimum Gasteiger partial charge on any atom is -0.317 e. The Balaban J connectivity index is 2.09. The predicted molar refractivity (Wildman–Crippen MR) is 56.9 cm³/mol. The lowest BCUT2D eigenvalue weighted by Gasteiger charge is -2.22. The van der Waals surface area contributed by atoms with Crippen LogP contribution in [0.25, 0.3) is 0 Å². The number of piperidine rings is 1. The summed E-state index contributed by atoms with van der Waals surface area (Å²) in [6.07, 6.45) is 3.75. The number of hydrogen-bond acceptors (Lipinski definition) is 3. The highest BCUT2D eigenvalue weighted by atomic mass is 16.2. The summed E-state index contributed by atoms with van der Waals surface area (Å²) in [5.41, 5.74) is -0.636. The average molecular weight is 209 g/mol. The van der Waals surface area contributed by atoms with Gasteiger partial charge in [0, 0.05) is 18.8 Å². The molecule has 1 saturated heterocycles. The standard InChI is InChI=1S/C10H15N3O2/c14-9-3-6-13(10(15)12-9)7-8-1-4-11-5-2-8/h3,6,8,11H,1-2,4-5,7H2,(H,12,14,15). The molecule has 2 heterocycles. The van der Waals surface area contributed by atoms with Crippen molar-refractivity contribution in [2.24, 2.45) is 5.92 Å². The van der Waals surface area contributed by atoms with E-state index in [2.05, 4.69) is 10.3 Å². The van der Waals surface area contributed by atoms with Crippen molar-refractivity contribution < 1.29 is 0 Å². The Morgan fingerprint density at radius 3 is 2.73 bits per heavy atom. The van der Waals surface area contributed by atoms with E-state index < -0.39 is 0 Å². The molecule has 1 aromatic heterocycles. The minimum atomic E-state index is -0.332. The summed E-state index contributed by atoms with van der Waals surface area (Å²) in [6, 6.07) is 1.39. The summed E-state index contributed by atoms with van der Waals surface area (Å²) in [5, 5.41) is 3.28. The average Bonchev–Trinajstić information content (AvgIpc) is 2.24. The monoisotopic (exact) mass is 209 g/mol. The Hall–Kier alpha value is -1.36. The molecular weight excluding hydrogens is 194 g/mol. The maximum atomic E-state index is 11.4. The topological polar surface area (TPSA) is 66.9 Å². The maximum Gasteiger partial charge on any atom is 0.328 e. The smallest absolute Gasteiger partial charge is 0.317 e. The van der Waals surface area contributed by atoms with Gasteiger partial charge in [-0.25, -0.2) is 4.79 Å². The molecule has 1 aliphatic heterocycles. The number of aromatic nitrogens is 2. The summed E-state index contributed by atoms with van der Waals surface area (Å²) >= 11 is 0. The van der Waals surface area contributed by atoms with Crippen LogP contribution < -0.4 is 16.6 Å². The second-order valence-corrected chi connectivity index (χ2v) is 3.96. The molecule has 2 N–H and O–H groups in total. The van der Waals surface area contributed by atoms with Crippen LogP contribution in [-0.4, -0.2) is 22.6 Å². The zero-order valence-electron chi connectivity index (χ0n) is 8.53. The first-order chi connectivity index (χ1) is 7.25. The Morgan fingerprint density at radius 1 is 1.33 bits per heavy atom. The molecule has 5 heteroatoms. The zero-order chi connectivity index (χ0) is 10.7. The van der Waals surface area contributed by atoms with Crippen molar-refractivity contribution in [3.8, 4) is 0 Å². The fraction of sp³-hybridized carbons (Fsp3) is 0.600. The van der Waals surface area contributed by atoms with E-state index in [1.165, 1.54) is 6.07 Å². The van der Waals surface area contributed by atoms with Crippen molar-refractivity contribution in [3.63, 3.8) is 0 Å². The van der Waals surface area contributed by atoms with Crippen molar-refractivity contribution in [2.75, 3.05) is 13.1 Å². The number of nitrogens with one attached hydrogen (secondary N) is 2. The summed E-state index contributed by atoms with van der Waals surface area (Å²) in [4.78, 5) is 24.5.